The summed E-state index contributed by atoms with van der Waals surface area (Å²) in [7, 11) is 3.01. The highest BCUT2D eigenvalue weighted by molar-refractivity contribution is 6.60. The fourth-order valence-electron chi connectivity index (χ4n) is 2.56. The summed E-state index contributed by atoms with van der Waals surface area (Å²) in [6.07, 6.45) is 0. The van der Waals surface area contributed by atoms with Crippen molar-refractivity contribution in [1.82, 2.24) is 0 Å². The Bertz CT molecular complexity index is 845. The molecule has 0 spiro atoms. The van der Waals surface area contributed by atoms with Gasteiger partial charge in [0.2, 0.25) is 0 Å². The molecule has 2 amide bonds. The zero-order valence-corrected chi connectivity index (χ0v) is 13.8. The van der Waals surface area contributed by atoms with Crippen LogP contribution in [0.15, 0.2) is 53.6 Å². The van der Waals surface area contributed by atoms with E-state index in [0.717, 1.165) is 4.90 Å². The van der Waals surface area contributed by atoms with Gasteiger partial charge in [0.25, 0.3) is 11.8 Å². The minimum atomic E-state index is -0.544. The molecule has 5 nitrogen and oxygen atoms in total. The van der Waals surface area contributed by atoms with Crippen molar-refractivity contribution < 1.29 is 19.1 Å². The van der Waals surface area contributed by atoms with Gasteiger partial charge in [0.15, 0.2) is 11.5 Å². The van der Waals surface area contributed by atoms with Crippen molar-refractivity contribution >= 4 is 34.7 Å². The molecule has 1 aliphatic heterocycles. The normalized spacial score (nSPS) is 14.4. The van der Waals surface area contributed by atoms with Crippen LogP contribution in [0.4, 0.5) is 5.69 Å². The van der Waals surface area contributed by atoms with E-state index >= 15 is 0 Å². The Hall–Kier alpha value is -2.79. The fraction of sp³-hybridized carbons (Fsp3) is 0.111. The summed E-state index contributed by atoms with van der Waals surface area (Å²) in [6.45, 7) is 0. The topological polar surface area (TPSA) is 55.8 Å². The van der Waals surface area contributed by atoms with Gasteiger partial charge in [-0.2, -0.15) is 0 Å². The predicted molar refractivity (Wildman–Crippen MR) is 91.3 cm³/mol. The summed E-state index contributed by atoms with van der Waals surface area (Å²) < 4.78 is 10.4. The number of carbonyl (C=O) groups excluding carboxylic acids is 2. The highest BCUT2D eigenvalue weighted by Gasteiger charge is 2.39. The number of halogens is 1. The minimum absolute atomic E-state index is 0.115. The first-order chi connectivity index (χ1) is 11.6. The number of rotatable bonds is 4. The van der Waals surface area contributed by atoms with Crippen LogP contribution in [-0.2, 0) is 9.59 Å². The number of carbonyl (C=O) groups is 2. The maximum atomic E-state index is 12.8. The van der Waals surface area contributed by atoms with E-state index in [1.54, 1.807) is 48.5 Å². The molecule has 0 atom stereocenters. The molecule has 0 radical (unpaired) electrons. The second-order valence-electron chi connectivity index (χ2n) is 5.04. The van der Waals surface area contributed by atoms with Crippen LogP contribution in [0.1, 0.15) is 5.56 Å². The Labute approximate surface area is 144 Å². The third kappa shape index (κ3) is 2.53. The van der Waals surface area contributed by atoms with E-state index in [9.17, 15) is 9.59 Å². The number of nitrogens with zero attached hydrogens (tertiary/aromatic N) is 1. The van der Waals surface area contributed by atoms with Gasteiger partial charge in [0, 0.05) is 0 Å². The highest BCUT2D eigenvalue weighted by Crippen LogP contribution is 2.37. The van der Waals surface area contributed by atoms with E-state index < -0.39 is 11.8 Å². The van der Waals surface area contributed by atoms with Crippen LogP contribution in [0.25, 0.3) is 5.57 Å². The molecule has 0 N–H and O–H groups in total. The Morgan fingerprint density at radius 2 is 1.54 bits per heavy atom. The van der Waals surface area contributed by atoms with Gasteiger partial charge in [-0.1, -0.05) is 35.9 Å². The molecule has 122 valence electrons. The molecule has 6 heteroatoms. The van der Waals surface area contributed by atoms with E-state index in [4.69, 9.17) is 21.1 Å². The van der Waals surface area contributed by atoms with Gasteiger partial charge in [-0.3, -0.25) is 9.59 Å². The van der Waals surface area contributed by atoms with Crippen LogP contribution in [0, 0.1) is 0 Å². The summed E-state index contributed by atoms with van der Waals surface area (Å²) in [6, 6.07) is 13.6. The number of para-hydroxylation sites is 1. The Balaban J connectivity index is 2.06. The lowest BCUT2D eigenvalue weighted by Gasteiger charge is -2.15. The average Bonchev–Trinajstić information content (AvgIpc) is 2.84. The molecule has 24 heavy (non-hydrogen) atoms. The maximum absolute atomic E-state index is 12.8. The lowest BCUT2D eigenvalue weighted by Crippen LogP contribution is -2.31. The molecule has 2 aromatic carbocycles. The molecule has 0 saturated heterocycles. The standard InChI is InChI=1S/C18H14ClNO4/c1-23-13-9-8-11(10-14(13)24-2)15-16(19)18(22)20(17(15)21)12-6-4-3-5-7-12/h3-10H,1-2H3. The third-order valence-electron chi connectivity index (χ3n) is 3.71. The molecule has 0 aromatic heterocycles. The van der Waals surface area contributed by atoms with E-state index in [1.807, 2.05) is 0 Å². The van der Waals surface area contributed by atoms with Gasteiger partial charge < -0.3 is 9.47 Å². The highest BCUT2D eigenvalue weighted by atomic mass is 35.5. The zero-order chi connectivity index (χ0) is 17.3. The second kappa shape index (κ2) is 6.37. The molecule has 3 rings (SSSR count). The molecular formula is C18H14ClNO4. The summed E-state index contributed by atoms with van der Waals surface area (Å²) in [5, 5.41) is -0.115. The molecule has 0 aliphatic carbocycles. The number of ether oxygens (including phenoxy) is 2. The summed E-state index contributed by atoms with van der Waals surface area (Å²) in [5.41, 5.74) is 1.11. The first kappa shape index (κ1) is 16.1. The largest absolute Gasteiger partial charge is 0.493 e. The molecule has 2 aromatic rings. The summed E-state index contributed by atoms with van der Waals surface area (Å²) >= 11 is 6.17. The van der Waals surface area contributed by atoms with Crippen LogP contribution >= 0.6 is 11.6 Å². The summed E-state index contributed by atoms with van der Waals surface area (Å²) in [5.74, 6) is -0.0406. The van der Waals surface area contributed by atoms with Crippen LogP contribution in [0.2, 0.25) is 0 Å². The van der Waals surface area contributed by atoms with Crippen molar-refractivity contribution in [3.05, 3.63) is 59.1 Å². The van der Waals surface area contributed by atoms with Gasteiger partial charge >= 0.3 is 0 Å². The Kier molecular flexibility index (Phi) is 4.27. The van der Waals surface area contributed by atoms with Crippen LogP contribution in [0.5, 0.6) is 11.5 Å². The Morgan fingerprint density at radius 1 is 0.875 bits per heavy atom. The van der Waals surface area contributed by atoms with Crippen molar-refractivity contribution in [3.63, 3.8) is 0 Å². The SMILES string of the molecule is COc1ccc(C2=C(Cl)C(=O)N(c3ccccc3)C2=O)cc1OC. The first-order valence-electron chi connectivity index (χ1n) is 7.14. The fourth-order valence-corrected chi connectivity index (χ4v) is 2.83. The van der Waals surface area contributed by atoms with Crippen molar-refractivity contribution in [2.75, 3.05) is 19.1 Å². The number of anilines is 1. The van der Waals surface area contributed by atoms with Crippen molar-refractivity contribution in [3.8, 4) is 11.5 Å². The van der Waals surface area contributed by atoms with Crippen molar-refractivity contribution in [2.45, 2.75) is 0 Å². The van der Waals surface area contributed by atoms with Gasteiger partial charge in [-0.05, 0) is 29.8 Å². The number of hydrogen-bond donors (Lipinski definition) is 0. The van der Waals surface area contributed by atoms with Gasteiger partial charge in [0.05, 0.1) is 25.5 Å². The molecule has 0 unspecified atom stereocenters. The van der Waals surface area contributed by atoms with Gasteiger partial charge in [-0.15, -0.1) is 0 Å². The smallest absolute Gasteiger partial charge is 0.277 e. The van der Waals surface area contributed by atoms with Crippen molar-refractivity contribution in [2.24, 2.45) is 0 Å². The molecular weight excluding hydrogens is 330 g/mol. The van der Waals surface area contributed by atoms with E-state index in [-0.39, 0.29) is 10.6 Å². The quantitative estimate of drug-likeness (QED) is 0.800. The average molecular weight is 344 g/mol. The van der Waals surface area contributed by atoms with Crippen molar-refractivity contribution in [1.29, 1.82) is 0 Å². The monoisotopic (exact) mass is 343 g/mol. The second-order valence-corrected chi connectivity index (χ2v) is 5.42. The first-order valence-corrected chi connectivity index (χ1v) is 7.52. The maximum Gasteiger partial charge on any atom is 0.277 e. The van der Waals surface area contributed by atoms with E-state index in [2.05, 4.69) is 0 Å². The van der Waals surface area contributed by atoms with E-state index in [1.165, 1.54) is 14.2 Å². The minimum Gasteiger partial charge on any atom is -0.493 e. The number of hydrogen-bond acceptors (Lipinski definition) is 4. The van der Waals surface area contributed by atoms with Crippen LogP contribution in [-0.4, -0.2) is 26.0 Å². The molecule has 0 fully saturated rings. The van der Waals surface area contributed by atoms with Gasteiger partial charge in [0.1, 0.15) is 5.03 Å². The zero-order valence-electron chi connectivity index (χ0n) is 13.1. The lowest BCUT2D eigenvalue weighted by atomic mass is 10.1. The molecule has 1 aliphatic rings. The molecule has 0 bridgehead atoms. The van der Waals surface area contributed by atoms with E-state index in [0.29, 0.717) is 22.7 Å². The number of imide groups is 1. The van der Waals surface area contributed by atoms with Gasteiger partial charge in [-0.25, -0.2) is 4.90 Å². The number of amides is 2. The lowest BCUT2D eigenvalue weighted by molar-refractivity contribution is -0.119. The number of benzene rings is 2. The predicted octanol–water partition coefficient (Wildman–Crippen LogP) is 3.23. The molecule has 0 saturated carbocycles. The summed E-state index contributed by atoms with van der Waals surface area (Å²) in [4.78, 5) is 26.3. The van der Waals surface area contributed by atoms with Crippen LogP contribution < -0.4 is 14.4 Å². The Morgan fingerprint density at radius 3 is 2.17 bits per heavy atom. The molecule has 1 heterocycles. The number of methoxy groups -OCH3 is 2. The van der Waals surface area contributed by atoms with Crippen LogP contribution in [0.3, 0.4) is 0 Å². The third-order valence-corrected chi connectivity index (χ3v) is 4.06.